The van der Waals surface area contributed by atoms with Gasteiger partial charge in [0.05, 0.1) is 6.54 Å². The molecule has 1 heterocycles. The summed E-state index contributed by atoms with van der Waals surface area (Å²) in [5.41, 5.74) is 5.97. The van der Waals surface area contributed by atoms with Crippen LogP contribution in [0.15, 0.2) is 11.4 Å². The quantitative estimate of drug-likeness (QED) is 0.704. The van der Waals surface area contributed by atoms with Gasteiger partial charge in [-0.1, -0.05) is 11.8 Å². The minimum Gasteiger partial charge on any atom is -0.352 e. The number of carbonyl (C=O) groups excluding carboxylic acids is 2. The predicted octanol–water partition coefficient (Wildman–Crippen LogP) is 0.455. The molecule has 0 aliphatic heterocycles. The predicted molar refractivity (Wildman–Crippen MR) is 78.3 cm³/mol. The highest BCUT2D eigenvalue weighted by Crippen LogP contribution is 2.19. The van der Waals surface area contributed by atoms with Crippen molar-refractivity contribution in [2.75, 3.05) is 6.54 Å². The number of thiophene rings is 1. The first-order chi connectivity index (χ1) is 9.61. The number of carbonyl (C=O) groups is 2. The van der Waals surface area contributed by atoms with Gasteiger partial charge < -0.3 is 16.4 Å². The van der Waals surface area contributed by atoms with Crippen LogP contribution < -0.4 is 16.4 Å². The van der Waals surface area contributed by atoms with Crippen molar-refractivity contribution in [1.29, 1.82) is 0 Å². The van der Waals surface area contributed by atoms with Crippen LogP contribution in [-0.2, 0) is 4.79 Å². The van der Waals surface area contributed by atoms with E-state index in [9.17, 15) is 9.59 Å². The molecule has 0 radical (unpaired) electrons. The van der Waals surface area contributed by atoms with Crippen molar-refractivity contribution >= 4 is 23.2 Å². The Morgan fingerprint density at radius 1 is 1.55 bits per heavy atom. The Morgan fingerprint density at radius 3 is 2.95 bits per heavy atom. The summed E-state index contributed by atoms with van der Waals surface area (Å²) in [6, 6.07) is 1.51. The van der Waals surface area contributed by atoms with E-state index >= 15 is 0 Å². The molecule has 1 atom stereocenters. The third-order valence-corrected chi connectivity index (χ3v) is 3.77. The lowest BCUT2D eigenvalue weighted by molar-refractivity contribution is -0.122. The van der Waals surface area contributed by atoms with E-state index in [0.717, 1.165) is 12.8 Å². The van der Waals surface area contributed by atoms with Crippen LogP contribution in [0.1, 0.15) is 35.0 Å². The fourth-order valence-electron chi connectivity index (χ4n) is 1.61. The van der Waals surface area contributed by atoms with Gasteiger partial charge in [-0.2, -0.15) is 0 Å². The maximum Gasteiger partial charge on any atom is 0.263 e. The van der Waals surface area contributed by atoms with Crippen LogP contribution in [0.5, 0.6) is 0 Å². The van der Waals surface area contributed by atoms with Crippen LogP contribution in [-0.4, -0.2) is 30.4 Å². The Bertz CT molecular complexity index is 566. The van der Waals surface area contributed by atoms with Gasteiger partial charge in [0.25, 0.3) is 5.91 Å². The van der Waals surface area contributed by atoms with Gasteiger partial charge in [-0.3, -0.25) is 9.59 Å². The second-order valence-corrected chi connectivity index (χ2v) is 5.56. The zero-order chi connectivity index (χ0) is 14.5. The molecule has 0 aromatic carbocycles. The molecular formula is C14H17N3O2S. The van der Waals surface area contributed by atoms with E-state index in [0.29, 0.717) is 10.4 Å². The molecule has 1 aromatic heterocycles. The minimum atomic E-state index is -0.555. The molecular weight excluding hydrogens is 274 g/mol. The summed E-state index contributed by atoms with van der Waals surface area (Å²) in [5.74, 6) is 5.15. The molecule has 1 unspecified atom stereocenters. The number of hydrogen-bond donors (Lipinski definition) is 3. The van der Waals surface area contributed by atoms with Crippen LogP contribution in [0.25, 0.3) is 0 Å². The standard InChI is InChI=1S/C14H17N3O2S/c1-9(13(18)17-11-4-5-11)16-14(19)12-10(3-2-7-15)6-8-20-12/h6,8-9,11H,4-5,7,15H2,1H3,(H,16,19)(H,17,18). The van der Waals surface area contributed by atoms with Gasteiger partial charge in [0.15, 0.2) is 0 Å². The topological polar surface area (TPSA) is 84.2 Å². The molecule has 6 heteroatoms. The van der Waals surface area contributed by atoms with Gasteiger partial charge >= 0.3 is 0 Å². The fourth-order valence-corrected chi connectivity index (χ4v) is 2.36. The lowest BCUT2D eigenvalue weighted by Gasteiger charge is -2.13. The third-order valence-electron chi connectivity index (χ3n) is 2.86. The summed E-state index contributed by atoms with van der Waals surface area (Å²) in [6.45, 7) is 1.92. The first-order valence-corrected chi connectivity index (χ1v) is 7.37. The summed E-state index contributed by atoms with van der Waals surface area (Å²) in [6.07, 6.45) is 2.05. The molecule has 2 rings (SSSR count). The number of nitrogens with two attached hydrogens (primary N) is 1. The zero-order valence-corrected chi connectivity index (χ0v) is 12.0. The second-order valence-electron chi connectivity index (χ2n) is 4.65. The third kappa shape index (κ3) is 3.83. The highest BCUT2D eigenvalue weighted by atomic mass is 32.1. The molecule has 1 aromatic rings. The lowest BCUT2D eigenvalue weighted by atomic mass is 10.2. The first-order valence-electron chi connectivity index (χ1n) is 6.49. The summed E-state index contributed by atoms with van der Waals surface area (Å²) >= 11 is 1.30. The van der Waals surface area contributed by atoms with Gasteiger partial charge in [0.2, 0.25) is 5.91 Å². The number of rotatable bonds is 4. The second kappa shape index (κ2) is 6.55. The molecule has 1 aliphatic carbocycles. The van der Waals surface area contributed by atoms with Crippen molar-refractivity contribution in [1.82, 2.24) is 10.6 Å². The minimum absolute atomic E-state index is 0.146. The SMILES string of the molecule is CC(NC(=O)c1sccc1C#CCN)C(=O)NC1CC1. The Morgan fingerprint density at radius 2 is 2.30 bits per heavy atom. The van der Waals surface area contributed by atoms with Crippen LogP contribution in [0, 0.1) is 11.8 Å². The molecule has 1 aliphatic rings. The summed E-state index contributed by atoms with van der Waals surface area (Å²) < 4.78 is 0. The Balaban J connectivity index is 1.96. The van der Waals surface area contributed by atoms with E-state index in [4.69, 9.17) is 5.73 Å². The van der Waals surface area contributed by atoms with Gasteiger partial charge in [-0.05, 0) is 31.2 Å². The smallest absolute Gasteiger partial charge is 0.263 e. The highest BCUT2D eigenvalue weighted by molar-refractivity contribution is 7.12. The van der Waals surface area contributed by atoms with E-state index in [2.05, 4.69) is 22.5 Å². The summed E-state index contributed by atoms with van der Waals surface area (Å²) in [7, 11) is 0. The van der Waals surface area contributed by atoms with E-state index in [1.54, 1.807) is 18.4 Å². The zero-order valence-electron chi connectivity index (χ0n) is 11.2. The van der Waals surface area contributed by atoms with Crippen molar-refractivity contribution in [2.24, 2.45) is 5.73 Å². The average molecular weight is 291 g/mol. The number of hydrogen-bond acceptors (Lipinski definition) is 4. The normalized spacial score (nSPS) is 14.9. The molecule has 4 N–H and O–H groups in total. The van der Waals surface area contributed by atoms with E-state index in [1.807, 2.05) is 0 Å². The molecule has 2 amide bonds. The maximum absolute atomic E-state index is 12.1. The van der Waals surface area contributed by atoms with Gasteiger partial charge in [-0.15, -0.1) is 11.3 Å². The van der Waals surface area contributed by atoms with Crippen LogP contribution in [0.4, 0.5) is 0 Å². The monoisotopic (exact) mass is 291 g/mol. The number of nitrogens with one attached hydrogen (secondary N) is 2. The van der Waals surface area contributed by atoms with Crippen molar-refractivity contribution in [3.63, 3.8) is 0 Å². The Labute approximate surface area is 121 Å². The largest absolute Gasteiger partial charge is 0.352 e. The van der Waals surface area contributed by atoms with Crippen molar-refractivity contribution in [3.8, 4) is 11.8 Å². The summed E-state index contributed by atoms with van der Waals surface area (Å²) in [4.78, 5) is 24.4. The van der Waals surface area contributed by atoms with Gasteiger partial charge in [0.1, 0.15) is 10.9 Å². The summed E-state index contributed by atoms with van der Waals surface area (Å²) in [5, 5.41) is 7.35. The molecule has 0 bridgehead atoms. The Kier molecular flexibility index (Phi) is 4.77. The van der Waals surface area contributed by atoms with E-state index in [-0.39, 0.29) is 24.4 Å². The number of amides is 2. The van der Waals surface area contributed by atoms with E-state index in [1.165, 1.54) is 11.3 Å². The Hall–Kier alpha value is -1.84. The van der Waals surface area contributed by atoms with Gasteiger partial charge in [-0.25, -0.2) is 0 Å². The molecule has 5 nitrogen and oxygen atoms in total. The lowest BCUT2D eigenvalue weighted by Crippen LogP contribution is -2.45. The highest BCUT2D eigenvalue weighted by Gasteiger charge is 2.26. The van der Waals surface area contributed by atoms with Crippen molar-refractivity contribution in [2.45, 2.75) is 31.8 Å². The van der Waals surface area contributed by atoms with Crippen LogP contribution in [0.3, 0.4) is 0 Å². The molecule has 0 saturated heterocycles. The fraction of sp³-hybridized carbons (Fsp3) is 0.429. The molecule has 0 spiro atoms. The maximum atomic E-state index is 12.1. The van der Waals surface area contributed by atoms with E-state index < -0.39 is 6.04 Å². The van der Waals surface area contributed by atoms with Gasteiger partial charge in [0, 0.05) is 11.6 Å². The molecule has 106 valence electrons. The van der Waals surface area contributed by atoms with Crippen molar-refractivity contribution < 1.29 is 9.59 Å². The van der Waals surface area contributed by atoms with Crippen LogP contribution in [0.2, 0.25) is 0 Å². The molecule has 1 saturated carbocycles. The molecule has 20 heavy (non-hydrogen) atoms. The first kappa shape index (κ1) is 14.6. The molecule has 1 fully saturated rings. The van der Waals surface area contributed by atoms with Crippen LogP contribution >= 0.6 is 11.3 Å². The average Bonchev–Trinajstić information content (AvgIpc) is 3.10. The van der Waals surface area contributed by atoms with Crippen molar-refractivity contribution in [3.05, 3.63) is 21.9 Å².